The first kappa shape index (κ1) is 20.9. The monoisotopic (exact) mass is 401 g/mol. The summed E-state index contributed by atoms with van der Waals surface area (Å²) in [6, 6.07) is 1.18. The van der Waals surface area contributed by atoms with Crippen molar-refractivity contribution in [1.29, 1.82) is 0 Å². The standard InChI is InChI=1S/C22H28FN3O3/c1-11-12(2)26-18-14(19(24)27)9-15(23)17(16(11)18)13-7-6-8-22(10-13,21(3,4)5)29-20(25)28/h7,9,26H,6,8,10H2,1-5H3,(H2,24,27)(H2,25,28). The number of aromatic amines is 1. The number of primary amides is 2. The maximum Gasteiger partial charge on any atom is 0.405 e. The van der Waals surface area contributed by atoms with E-state index in [1.54, 1.807) is 0 Å². The second kappa shape index (κ2) is 6.90. The third kappa shape index (κ3) is 3.39. The first-order chi connectivity index (χ1) is 13.4. The highest BCUT2D eigenvalue weighted by Gasteiger charge is 2.47. The highest BCUT2D eigenvalue weighted by atomic mass is 19.1. The molecule has 156 valence electrons. The fraction of sp³-hybridized carbons (Fsp3) is 0.455. The number of hydrogen-bond acceptors (Lipinski definition) is 3. The van der Waals surface area contributed by atoms with Crippen molar-refractivity contribution >= 4 is 28.5 Å². The average molecular weight is 401 g/mol. The lowest BCUT2D eigenvalue weighted by Gasteiger charge is -2.46. The molecule has 29 heavy (non-hydrogen) atoms. The van der Waals surface area contributed by atoms with E-state index in [0.717, 1.165) is 16.8 Å². The molecule has 7 heteroatoms. The molecule has 0 spiro atoms. The zero-order chi connectivity index (χ0) is 21.7. The predicted molar refractivity (Wildman–Crippen MR) is 111 cm³/mol. The Labute approximate surface area is 169 Å². The first-order valence-electron chi connectivity index (χ1n) is 9.67. The van der Waals surface area contributed by atoms with Crippen LogP contribution in [0.15, 0.2) is 12.1 Å². The van der Waals surface area contributed by atoms with Gasteiger partial charge in [-0.15, -0.1) is 0 Å². The van der Waals surface area contributed by atoms with Crippen LogP contribution in [0.5, 0.6) is 0 Å². The molecule has 1 aliphatic carbocycles. The lowest BCUT2D eigenvalue weighted by atomic mass is 9.67. The van der Waals surface area contributed by atoms with Crippen molar-refractivity contribution in [2.45, 2.75) is 59.5 Å². The van der Waals surface area contributed by atoms with E-state index in [-0.39, 0.29) is 5.56 Å². The van der Waals surface area contributed by atoms with Gasteiger partial charge in [0.1, 0.15) is 11.4 Å². The van der Waals surface area contributed by atoms with Crippen molar-refractivity contribution in [3.05, 3.63) is 40.3 Å². The smallest absolute Gasteiger partial charge is 0.405 e. The number of benzene rings is 1. The van der Waals surface area contributed by atoms with Gasteiger partial charge in [0.15, 0.2) is 0 Å². The summed E-state index contributed by atoms with van der Waals surface area (Å²) in [7, 11) is 0. The van der Waals surface area contributed by atoms with Crippen LogP contribution in [-0.2, 0) is 4.74 Å². The molecular formula is C22H28FN3O3. The van der Waals surface area contributed by atoms with Gasteiger partial charge in [0.25, 0.3) is 5.91 Å². The summed E-state index contributed by atoms with van der Waals surface area (Å²) in [5.74, 6) is -1.22. The number of nitrogens with one attached hydrogen (secondary N) is 1. The molecule has 3 rings (SSSR count). The molecule has 0 bridgehead atoms. The zero-order valence-electron chi connectivity index (χ0n) is 17.5. The van der Waals surface area contributed by atoms with Gasteiger partial charge in [0, 0.05) is 28.5 Å². The van der Waals surface area contributed by atoms with Gasteiger partial charge >= 0.3 is 6.09 Å². The zero-order valence-corrected chi connectivity index (χ0v) is 17.5. The van der Waals surface area contributed by atoms with E-state index < -0.39 is 28.8 Å². The quantitative estimate of drug-likeness (QED) is 0.705. The van der Waals surface area contributed by atoms with Crippen LogP contribution in [0.1, 0.15) is 67.2 Å². The van der Waals surface area contributed by atoms with Crippen LogP contribution < -0.4 is 11.5 Å². The van der Waals surface area contributed by atoms with Crippen LogP contribution in [0.3, 0.4) is 0 Å². The fourth-order valence-corrected chi connectivity index (χ4v) is 4.34. The molecule has 0 aliphatic heterocycles. The lowest BCUT2D eigenvalue weighted by molar-refractivity contribution is -0.0687. The minimum atomic E-state index is -0.858. The van der Waals surface area contributed by atoms with Crippen LogP contribution in [0.25, 0.3) is 16.5 Å². The molecule has 1 unspecified atom stereocenters. The van der Waals surface area contributed by atoms with Crippen molar-refractivity contribution in [2.75, 3.05) is 0 Å². The molecule has 2 aromatic rings. The van der Waals surface area contributed by atoms with E-state index in [2.05, 4.69) is 4.98 Å². The van der Waals surface area contributed by atoms with Crippen molar-refractivity contribution in [2.24, 2.45) is 16.9 Å². The molecule has 1 atom stereocenters. The van der Waals surface area contributed by atoms with E-state index in [9.17, 15) is 9.59 Å². The predicted octanol–water partition coefficient (Wildman–Crippen LogP) is 4.47. The van der Waals surface area contributed by atoms with Gasteiger partial charge in [-0.05, 0) is 43.9 Å². The molecule has 1 aromatic heterocycles. The van der Waals surface area contributed by atoms with Gasteiger partial charge in [-0.3, -0.25) is 4.79 Å². The fourth-order valence-electron chi connectivity index (χ4n) is 4.34. The molecule has 6 nitrogen and oxygen atoms in total. The minimum Gasteiger partial charge on any atom is -0.442 e. The van der Waals surface area contributed by atoms with Gasteiger partial charge in [-0.2, -0.15) is 0 Å². The van der Waals surface area contributed by atoms with E-state index in [0.29, 0.717) is 35.7 Å². The van der Waals surface area contributed by atoms with Gasteiger partial charge in [0.05, 0.1) is 11.1 Å². The van der Waals surface area contributed by atoms with Gasteiger partial charge in [-0.25, -0.2) is 9.18 Å². The topological polar surface area (TPSA) is 111 Å². The summed E-state index contributed by atoms with van der Waals surface area (Å²) < 4.78 is 21.0. The summed E-state index contributed by atoms with van der Waals surface area (Å²) in [5, 5.41) is 0.631. The SMILES string of the molecule is Cc1[nH]c2c(C(N)=O)cc(F)c(C3=CCCC(OC(N)=O)(C(C)(C)C)C3)c2c1C. The highest BCUT2D eigenvalue weighted by molar-refractivity contribution is 6.09. The second-order valence-electron chi connectivity index (χ2n) is 8.88. The third-order valence-corrected chi connectivity index (χ3v) is 6.19. The largest absolute Gasteiger partial charge is 0.442 e. The van der Waals surface area contributed by atoms with Crippen LogP contribution >= 0.6 is 0 Å². The molecule has 0 fully saturated rings. The number of hydrogen-bond donors (Lipinski definition) is 3. The van der Waals surface area contributed by atoms with Crippen molar-refractivity contribution in [1.82, 2.24) is 4.98 Å². The number of carbonyl (C=O) groups excluding carboxylic acids is 2. The Morgan fingerprint density at radius 3 is 2.45 bits per heavy atom. The number of H-pyrrole nitrogens is 1. The molecule has 1 aliphatic rings. The number of amides is 2. The number of nitrogens with two attached hydrogens (primary N) is 2. The number of ether oxygens (including phenoxy) is 1. The van der Waals surface area contributed by atoms with Gasteiger partial charge in [-0.1, -0.05) is 26.8 Å². The van der Waals surface area contributed by atoms with E-state index in [4.69, 9.17) is 16.2 Å². The summed E-state index contributed by atoms with van der Waals surface area (Å²) in [4.78, 5) is 26.7. The number of aromatic nitrogens is 1. The molecular weight excluding hydrogens is 373 g/mol. The van der Waals surface area contributed by atoms with Crippen LogP contribution in [0.4, 0.5) is 9.18 Å². The van der Waals surface area contributed by atoms with E-state index >= 15 is 4.39 Å². The summed E-state index contributed by atoms with van der Waals surface area (Å²) in [5.41, 5.74) is 13.1. The van der Waals surface area contributed by atoms with E-state index in [1.165, 1.54) is 6.07 Å². The second-order valence-corrected chi connectivity index (χ2v) is 8.88. The Morgan fingerprint density at radius 2 is 1.90 bits per heavy atom. The lowest BCUT2D eigenvalue weighted by Crippen LogP contribution is -2.49. The van der Waals surface area contributed by atoms with Crippen molar-refractivity contribution in [3.63, 3.8) is 0 Å². The number of fused-ring (bicyclic) bond motifs is 1. The number of aryl methyl sites for hydroxylation is 2. The maximum atomic E-state index is 15.3. The van der Waals surface area contributed by atoms with Crippen LogP contribution in [-0.4, -0.2) is 22.6 Å². The third-order valence-electron chi connectivity index (χ3n) is 6.19. The Hall–Kier alpha value is -2.83. The normalized spacial score (nSPS) is 19.9. The van der Waals surface area contributed by atoms with Crippen molar-refractivity contribution in [3.8, 4) is 0 Å². The Balaban J connectivity index is 2.25. The van der Waals surface area contributed by atoms with Crippen LogP contribution in [0, 0.1) is 25.1 Å². The number of rotatable bonds is 3. The number of halogens is 1. The highest BCUT2D eigenvalue weighted by Crippen LogP contribution is 2.49. The molecule has 1 aromatic carbocycles. The van der Waals surface area contributed by atoms with E-state index in [1.807, 2.05) is 40.7 Å². The Bertz CT molecular complexity index is 1050. The van der Waals surface area contributed by atoms with Gasteiger partial charge in [0.2, 0.25) is 0 Å². The van der Waals surface area contributed by atoms with Gasteiger partial charge < -0.3 is 21.2 Å². The molecule has 1 heterocycles. The Kier molecular flexibility index (Phi) is 4.97. The summed E-state index contributed by atoms with van der Waals surface area (Å²) in [6.07, 6.45) is 2.66. The minimum absolute atomic E-state index is 0.115. The van der Waals surface area contributed by atoms with Crippen molar-refractivity contribution < 1.29 is 18.7 Å². The summed E-state index contributed by atoms with van der Waals surface area (Å²) >= 11 is 0. The first-order valence-corrected chi connectivity index (χ1v) is 9.67. The molecule has 0 radical (unpaired) electrons. The maximum absolute atomic E-state index is 15.3. The van der Waals surface area contributed by atoms with Crippen LogP contribution in [0.2, 0.25) is 0 Å². The molecule has 0 saturated heterocycles. The molecule has 5 N–H and O–H groups in total. The Morgan fingerprint density at radius 1 is 1.24 bits per heavy atom. The average Bonchev–Trinajstić information content (AvgIpc) is 2.88. The number of carbonyl (C=O) groups is 2. The molecule has 0 saturated carbocycles. The number of allylic oxidation sites excluding steroid dienone is 1. The summed E-state index contributed by atoms with van der Waals surface area (Å²) in [6.45, 7) is 9.68. The molecule has 2 amide bonds.